The second-order valence-corrected chi connectivity index (χ2v) is 16.7. The first-order chi connectivity index (χ1) is 27.1. The average Bonchev–Trinajstić information content (AvgIpc) is 3.60. The van der Waals surface area contributed by atoms with Gasteiger partial charge in [0.15, 0.2) is 5.58 Å². The SMILES string of the molecule is CC(C)(C)c1cc(-c2cc(-c3ccccc3)ccc2Nc2cccc3c2oc2ccccc23)cc(N2c3ccccc3C(C)(C)c3cc4ccccc4cc32)c1. The summed E-state index contributed by atoms with van der Waals surface area (Å²) in [5.41, 5.74) is 15.5. The maximum absolute atomic E-state index is 6.50. The van der Waals surface area contributed by atoms with Crippen LogP contribution in [0.2, 0.25) is 0 Å². The molecule has 0 saturated heterocycles. The molecule has 0 spiro atoms. The summed E-state index contributed by atoms with van der Waals surface area (Å²) in [5.74, 6) is 0. The Morgan fingerprint density at radius 1 is 0.518 bits per heavy atom. The fourth-order valence-electron chi connectivity index (χ4n) is 8.69. The van der Waals surface area contributed by atoms with Gasteiger partial charge >= 0.3 is 0 Å². The zero-order chi connectivity index (χ0) is 38.2. The lowest BCUT2D eigenvalue weighted by atomic mass is 9.73. The molecule has 1 aliphatic heterocycles. The van der Waals surface area contributed by atoms with Crippen molar-refractivity contribution in [2.45, 2.75) is 45.4 Å². The summed E-state index contributed by atoms with van der Waals surface area (Å²) in [7, 11) is 0. The minimum absolute atomic E-state index is 0.115. The summed E-state index contributed by atoms with van der Waals surface area (Å²) < 4.78 is 6.50. The van der Waals surface area contributed by atoms with E-state index in [4.69, 9.17) is 4.42 Å². The molecule has 9 aromatic rings. The molecule has 10 rings (SSSR count). The van der Waals surface area contributed by atoms with Crippen LogP contribution in [0.3, 0.4) is 0 Å². The maximum Gasteiger partial charge on any atom is 0.158 e. The van der Waals surface area contributed by atoms with Crippen LogP contribution >= 0.6 is 0 Å². The second kappa shape index (κ2) is 12.7. The first-order valence-corrected chi connectivity index (χ1v) is 19.6. The Balaban J connectivity index is 1.21. The van der Waals surface area contributed by atoms with E-state index in [0.717, 1.165) is 55.7 Å². The Morgan fingerprint density at radius 2 is 1.23 bits per heavy atom. The van der Waals surface area contributed by atoms with Crippen LogP contribution in [0.4, 0.5) is 28.4 Å². The average molecular weight is 725 g/mol. The lowest BCUT2D eigenvalue weighted by Gasteiger charge is -2.42. The predicted molar refractivity (Wildman–Crippen MR) is 237 cm³/mol. The smallest absolute Gasteiger partial charge is 0.158 e. The number of benzene rings is 8. The maximum atomic E-state index is 6.50. The third kappa shape index (κ3) is 5.57. The Hall–Kier alpha value is -6.58. The summed E-state index contributed by atoms with van der Waals surface area (Å²) >= 11 is 0. The third-order valence-corrected chi connectivity index (χ3v) is 11.7. The Bertz CT molecular complexity index is 2960. The van der Waals surface area contributed by atoms with Gasteiger partial charge in [0.05, 0.1) is 17.1 Å². The molecule has 1 N–H and O–H groups in total. The van der Waals surface area contributed by atoms with Gasteiger partial charge in [-0.15, -0.1) is 0 Å². The van der Waals surface area contributed by atoms with Crippen molar-refractivity contribution in [3.8, 4) is 22.3 Å². The van der Waals surface area contributed by atoms with Crippen LogP contribution < -0.4 is 10.2 Å². The highest BCUT2D eigenvalue weighted by Crippen LogP contribution is 2.54. The monoisotopic (exact) mass is 724 g/mol. The van der Waals surface area contributed by atoms with Crippen LogP contribution in [-0.4, -0.2) is 0 Å². The quantitative estimate of drug-likeness (QED) is 0.192. The highest BCUT2D eigenvalue weighted by molar-refractivity contribution is 6.09. The van der Waals surface area contributed by atoms with Crippen LogP contribution in [-0.2, 0) is 10.8 Å². The number of hydrogen-bond acceptors (Lipinski definition) is 3. The van der Waals surface area contributed by atoms with Gasteiger partial charge < -0.3 is 14.6 Å². The first-order valence-electron chi connectivity index (χ1n) is 19.6. The molecule has 1 aromatic heterocycles. The molecular weight excluding hydrogens is 681 g/mol. The highest BCUT2D eigenvalue weighted by Gasteiger charge is 2.37. The number of furan rings is 1. The van der Waals surface area contributed by atoms with E-state index in [-0.39, 0.29) is 10.8 Å². The van der Waals surface area contributed by atoms with E-state index in [0.29, 0.717) is 0 Å². The number of para-hydroxylation sites is 3. The molecule has 0 fully saturated rings. The molecule has 0 radical (unpaired) electrons. The highest BCUT2D eigenvalue weighted by atomic mass is 16.3. The van der Waals surface area contributed by atoms with Gasteiger partial charge in [0.2, 0.25) is 0 Å². The van der Waals surface area contributed by atoms with E-state index < -0.39 is 0 Å². The molecule has 3 nitrogen and oxygen atoms in total. The van der Waals surface area contributed by atoms with Gasteiger partial charge in [0.25, 0.3) is 0 Å². The van der Waals surface area contributed by atoms with Gasteiger partial charge in [0, 0.05) is 33.1 Å². The summed E-state index contributed by atoms with van der Waals surface area (Å²) in [6.45, 7) is 11.7. The molecule has 1 aliphatic rings. The van der Waals surface area contributed by atoms with Crippen LogP contribution in [0.25, 0.3) is 55.0 Å². The van der Waals surface area contributed by atoms with Crippen molar-refractivity contribution in [2.24, 2.45) is 0 Å². The zero-order valence-corrected chi connectivity index (χ0v) is 32.5. The minimum atomic E-state index is -0.185. The van der Waals surface area contributed by atoms with Gasteiger partial charge in [-0.2, -0.15) is 0 Å². The lowest BCUT2D eigenvalue weighted by Crippen LogP contribution is -2.30. The minimum Gasteiger partial charge on any atom is -0.454 e. The molecule has 3 heteroatoms. The van der Waals surface area contributed by atoms with Gasteiger partial charge in [-0.1, -0.05) is 150 Å². The van der Waals surface area contributed by atoms with E-state index in [1.54, 1.807) is 0 Å². The molecule has 2 heterocycles. The Morgan fingerprint density at radius 3 is 2.05 bits per heavy atom. The van der Waals surface area contributed by atoms with E-state index in [1.807, 2.05) is 12.1 Å². The topological polar surface area (TPSA) is 28.4 Å². The molecular formula is C53H44N2O. The normalized spacial score (nSPS) is 13.6. The molecule has 8 aromatic carbocycles. The van der Waals surface area contributed by atoms with E-state index >= 15 is 0 Å². The fraction of sp³-hybridized carbons (Fsp3) is 0.132. The largest absolute Gasteiger partial charge is 0.454 e. The van der Waals surface area contributed by atoms with Crippen LogP contribution in [0.1, 0.15) is 51.3 Å². The van der Waals surface area contributed by atoms with Crippen LogP contribution in [0, 0.1) is 0 Å². The number of hydrogen-bond donors (Lipinski definition) is 1. The van der Waals surface area contributed by atoms with E-state index in [2.05, 4.69) is 203 Å². The van der Waals surface area contributed by atoms with Gasteiger partial charge in [-0.3, -0.25) is 0 Å². The lowest BCUT2D eigenvalue weighted by molar-refractivity contribution is 0.590. The molecule has 0 saturated carbocycles. The zero-order valence-electron chi connectivity index (χ0n) is 32.5. The number of nitrogens with one attached hydrogen (secondary N) is 1. The number of fused-ring (bicyclic) bond motifs is 6. The van der Waals surface area contributed by atoms with E-state index in [1.165, 1.54) is 44.4 Å². The van der Waals surface area contributed by atoms with Crippen molar-refractivity contribution in [2.75, 3.05) is 10.2 Å². The van der Waals surface area contributed by atoms with Crippen LogP contribution in [0.5, 0.6) is 0 Å². The van der Waals surface area contributed by atoms with Crippen molar-refractivity contribution in [3.05, 3.63) is 187 Å². The van der Waals surface area contributed by atoms with E-state index in [9.17, 15) is 0 Å². The van der Waals surface area contributed by atoms with Crippen molar-refractivity contribution in [1.29, 1.82) is 0 Å². The molecule has 0 bridgehead atoms. The van der Waals surface area contributed by atoms with Gasteiger partial charge in [-0.25, -0.2) is 0 Å². The molecule has 0 amide bonds. The van der Waals surface area contributed by atoms with Gasteiger partial charge in [0.1, 0.15) is 5.58 Å². The van der Waals surface area contributed by atoms with Crippen molar-refractivity contribution in [3.63, 3.8) is 0 Å². The molecule has 0 atom stereocenters. The van der Waals surface area contributed by atoms with Crippen molar-refractivity contribution < 1.29 is 4.42 Å². The molecule has 0 unspecified atom stereocenters. The summed E-state index contributed by atoms with van der Waals surface area (Å²) in [6, 6.07) is 61.8. The summed E-state index contributed by atoms with van der Waals surface area (Å²) in [5, 5.41) is 8.58. The Labute approximate surface area is 328 Å². The molecule has 0 aliphatic carbocycles. The summed E-state index contributed by atoms with van der Waals surface area (Å²) in [6.07, 6.45) is 0. The Kier molecular flexibility index (Phi) is 7.73. The number of anilines is 5. The fourth-order valence-corrected chi connectivity index (χ4v) is 8.69. The van der Waals surface area contributed by atoms with Gasteiger partial charge in [-0.05, 0) is 104 Å². The molecule has 272 valence electrons. The van der Waals surface area contributed by atoms with Crippen molar-refractivity contribution >= 4 is 61.1 Å². The number of rotatable bonds is 5. The van der Waals surface area contributed by atoms with Crippen LogP contribution in [0.15, 0.2) is 174 Å². The first kappa shape index (κ1) is 33.9. The summed E-state index contributed by atoms with van der Waals surface area (Å²) in [4.78, 5) is 2.50. The van der Waals surface area contributed by atoms with Crippen molar-refractivity contribution in [1.82, 2.24) is 0 Å². The third-order valence-electron chi connectivity index (χ3n) is 11.7. The number of nitrogens with zero attached hydrogens (tertiary/aromatic N) is 1. The standard InChI is InChI=1S/C53H44N2O/c1-52(2,3)39-28-38(29-40(33-39)55-48-24-13-12-22-44(48)53(4,5)45-31-35-18-9-10-19-36(35)32-49(45)55)43-30-37(34-16-7-6-8-17-34)26-27-46(43)54-47-23-15-21-42-41-20-11-14-25-50(41)56-51(42)47/h6-33,54H,1-5H3. The second-order valence-electron chi connectivity index (χ2n) is 16.7. The molecule has 56 heavy (non-hydrogen) atoms. The predicted octanol–water partition coefficient (Wildman–Crippen LogP) is 15.2.